The van der Waals surface area contributed by atoms with Crippen molar-refractivity contribution in [3.63, 3.8) is 0 Å². The maximum absolute atomic E-state index is 5.87. The fraction of sp³-hybridized carbons (Fsp3) is 0.769. The second-order valence-corrected chi connectivity index (χ2v) is 5.29. The minimum Gasteiger partial charge on any atom is -0.367 e. The van der Waals surface area contributed by atoms with E-state index >= 15 is 0 Å². The summed E-state index contributed by atoms with van der Waals surface area (Å²) in [5.41, 5.74) is 2.65. The molecular weight excluding hydrogens is 200 g/mol. The van der Waals surface area contributed by atoms with Gasteiger partial charge in [0.05, 0.1) is 11.8 Å². The van der Waals surface area contributed by atoms with E-state index < -0.39 is 0 Å². The van der Waals surface area contributed by atoms with Gasteiger partial charge < -0.3 is 9.72 Å². The molecule has 1 aliphatic carbocycles. The molecule has 1 aromatic rings. The van der Waals surface area contributed by atoms with Crippen LogP contribution in [0, 0.1) is 0 Å². The molecule has 2 heterocycles. The topological polar surface area (TPSA) is 37.9 Å². The average molecular weight is 220 g/mol. The third-order valence-corrected chi connectivity index (χ3v) is 3.90. The van der Waals surface area contributed by atoms with E-state index in [0.29, 0.717) is 12.0 Å². The molecule has 0 aromatic carbocycles. The van der Waals surface area contributed by atoms with E-state index in [0.717, 1.165) is 25.1 Å². The number of hydrogen-bond acceptors (Lipinski definition) is 2. The van der Waals surface area contributed by atoms with Gasteiger partial charge in [-0.1, -0.05) is 6.92 Å². The fourth-order valence-corrected chi connectivity index (χ4v) is 2.92. The predicted molar refractivity (Wildman–Crippen MR) is 62.5 cm³/mol. The van der Waals surface area contributed by atoms with Gasteiger partial charge in [-0.2, -0.15) is 0 Å². The molecule has 2 aliphatic rings. The number of fused-ring (bicyclic) bond motifs is 1. The summed E-state index contributed by atoms with van der Waals surface area (Å²) < 4.78 is 5.87. The standard InChI is InChI=1S/C13H20N2O/c1-8-4-3-5-10-12(8)15-13(14-10)11-7-6-9(2)16-11/h8-9,11H,3-7H2,1-2H3,(H,14,15). The Kier molecular flexibility index (Phi) is 2.51. The van der Waals surface area contributed by atoms with Crippen LogP contribution in [0.25, 0.3) is 0 Å². The monoisotopic (exact) mass is 220 g/mol. The molecule has 0 spiro atoms. The third kappa shape index (κ3) is 1.67. The molecule has 0 radical (unpaired) electrons. The minimum atomic E-state index is 0.216. The fourth-order valence-electron chi connectivity index (χ4n) is 2.92. The van der Waals surface area contributed by atoms with Gasteiger partial charge in [0, 0.05) is 11.6 Å². The first kappa shape index (κ1) is 10.3. The Morgan fingerprint density at radius 2 is 2.12 bits per heavy atom. The SMILES string of the molecule is CC1CCC(c2nc3c([nH]2)CCCC3C)O1. The molecule has 3 rings (SSSR count). The van der Waals surface area contributed by atoms with E-state index in [9.17, 15) is 0 Å². The highest BCUT2D eigenvalue weighted by atomic mass is 16.5. The lowest BCUT2D eigenvalue weighted by molar-refractivity contribution is 0.0507. The first-order valence-electron chi connectivity index (χ1n) is 6.48. The van der Waals surface area contributed by atoms with Gasteiger partial charge in [0.2, 0.25) is 0 Å². The number of H-pyrrole nitrogens is 1. The summed E-state index contributed by atoms with van der Waals surface area (Å²) >= 11 is 0. The average Bonchev–Trinajstić information content (AvgIpc) is 2.84. The molecule has 1 saturated heterocycles. The van der Waals surface area contributed by atoms with Gasteiger partial charge >= 0.3 is 0 Å². The summed E-state index contributed by atoms with van der Waals surface area (Å²) in [6.45, 7) is 4.42. The normalized spacial score (nSPS) is 34.0. The Hall–Kier alpha value is -0.830. The van der Waals surface area contributed by atoms with Crippen molar-refractivity contribution >= 4 is 0 Å². The van der Waals surface area contributed by atoms with Gasteiger partial charge in [0.1, 0.15) is 11.9 Å². The molecule has 3 heteroatoms. The highest BCUT2D eigenvalue weighted by Crippen LogP contribution is 2.35. The van der Waals surface area contributed by atoms with E-state index in [4.69, 9.17) is 9.72 Å². The molecule has 1 N–H and O–H groups in total. The second kappa shape index (κ2) is 3.88. The second-order valence-electron chi connectivity index (χ2n) is 5.29. The molecular formula is C13H20N2O. The highest BCUT2D eigenvalue weighted by Gasteiger charge is 2.28. The molecule has 0 saturated carbocycles. The zero-order valence-electron chi connectivity index (χ0n) is 10.1. The molecule has 1 fully saturated rings. The van der Waals surface area contributed by atoms with Gasteiger partial charge in [0.25, 0.3) is 0 Å². The van der Waals surface area contributed by atoms with Gasteiger partial charge in [-0.05, 0) is 39.0 Å². The number of ether oxygens (including phenoxy) is 1. The van der Waals surface area contributed by atoms with Crippen molar-refractivity contribution in [1.82, 2.24) is 9.97 Å². The van der Waals surface area contributed by atoms with Crippen LogP contribution in [-0.2, 0) is 11.2 Å². The number of rotatable bonds is 1. The molecule has 16 heavy (non-hydrogen) atoms. The number of imidazole rings is 1. The smallest absolute Gasteiger partial charge is 0.135 e. The quantitative estimate of drug-likeness (QED) is 0.789. The van der Waals surface area contributed by atoms with Crippen molar-refractivity contribution < 1.29 is 4.74 Å². The van der Waals surface area contributed by atoms with E-state index in [-0.39, 0.29) is 6.10 Å². The van der Waals surface area contributed by atoms with E-state index in [1.165, 1.54) is 24.2 Å². The van der Waals surface area contributed by atoms with Crippen LogP contribution in [0.1, 0.15) is 68.8 Å². The predicted octanol–water partition coefficient (Wildman–Crippen LogP) is 3.09. The van der Waals surface area contributed by atoms with Crippen LogP contribution in [0.2, 0.25) is 0 Å². The summed E-state index contributed by atoms with van der Waals surface area (Å²) in [5, 5.41) is 0. The van der Waals surface area contributed by atoms with Gasteiger partial charge in [-0.3, -0.25) is 0 Å². The number of aromatic nitrogens is 2. The summed E-state index contributed by atoms with van der Waals surface area (Å²) in [5.74, 6) is 1.69. The van der Waals surface area contributed by atoms with Crippen molar-refractivity contribution in [2.24, 2.45) is 0 Å². The molecule has 3 unspecified atom stereocenters. The Bertz CT molecular complexity index is 385. The number of nitrogens with zero attached hydrogens (tertiary/aromatic N) is 1. The van der Waals surface area contributed by atoms with Crippen LogP contribution < -0.4 is 0 Å². The molecule has 1 aromatic heterocycles. The maximum Gasteiger partial charge on any atom is 0.135 e. The summed E-state index contributed by atoms with van der Waals surface area (Å²) in [6, 6.07) is 0. The summed E-state index contributed by atoms with van der Waals surface area (Å²) in [4.78, 5) is 8.26. The summed E-state index contributed by atoms with van der Waals surface area (Å²) in [7, 11) is 0. The number of nitrogens with one attached hydrogen (secondary N) is 1. The lowest BCUT2D eigenvalue weighted by atomic mass is 9.92. The largest absolute Gasteiger partial charge is 0.367 e. The first-order chi connectivity index (χ1) is 7.74. The first-order valence-corrected chi connectivity index (χ1v) is 6.48. The lowest BCUT2D eigenvalue weighted by Gasteiger charge is -2.15. The maximum atomic E-state index is 5.87. The Morgan fingerprint density at radius 3 is 2.81 bits per heavy atom. The van der Waals surface area contributed by atoms with Crippen LogP contribution in [-0.4, -0.2) is 16.1 Å². The van der Waals surface area contributed by atoms with E-state index in [1.807, 2.05) is 0 Å². The Labute approximate surface area is 96.6 Å². The van der Waals surface area contributed by atoms with Crippen molar-refractivity contribution in [3.8, 4) is 0 Å². The lowest BCUT2D eigenvalue weighted by Crippen LogP contribution is -2.05. The van der Waals surface area contributed by atoms with Crippen molar-refractivity contribution in [2.45, 2.75) is 64.1 Å². The van der Waals surface area contributed by atoms with Crippen molar-refractivity contribution in [1.29, 1.82) is 0 Å². The van der Waals surface area contributed by atoms with Crippen molar-refractivity contribution in [3.05, 3.63) is 17.2 Å². The van der Waals surface area contributed by atoms with Crippen LogP contribution in [0.15, 0.2) is 0 Å². The Morgan fingerprint density at radius 1 is 1.25 bits per heavy atom. The highest BCUT2D eigenvalue weighted by molar-refractivity contribution is 5.22. The molecule has 1 aliphatic heterocycles. The molecule has 0 bridgehead atoms. The van der Waals surface area contributed by atoms with Crippen LogP contribution in [0.5, 0.6) is 0 Å². The zero-order valence-corrected chi connectivity index (χ0v) is 10.1. The van der Waals surface area contributed by atoms with E-state index in [2.05, 4.69) is 18.8 Å². The number of aromatic amines is 1. The third-order valence-electron chi connectivity index (χ3n) is 3.90. The van der Waals surface area contributed by atoms with Gasteiger partial charge in [-0.15, -0.1) is 0 Å². The minimum absolute atomic E-state index is 0.216. The molecule has 3 nitrogen and oxygen atoms in total. The summed E-state index contributed by atoms with van der Waals surface area (Å²) in [6.07, 6.45) is 6.61. The van der Waals surface area contributed by atoms with Crippen LogP contribution in [0.3, 0.4) is 0 Å². The van der Waals surface area contributed by atoms with Crippen LogP contribution in [0.4, 0.5) is 0 Å². The van der Waals surface area contributed by atoms with E-state index in [1.54, 1.807) is 0 Å². The van der Waals surface area contributed by atoms with Crippen LogP contribution >= 0.6 is 0 Å². The zero-order chi connectivity index (χ0) is 11.1. The van der Waals surface area contributed by atoms with Gasteiger partial charge in [0.15, 0.2) is 0 Å². The molecule has 3 atom stereocenters. The van der Waals surface area contributed by atoms with Gasteiger partial charge in [-0.25, -0.2) is 4.98 Å². The molecule has 0 amide bonds. The number of hydrogen-bond donors (Lipinski definition) is 1. The Balaban J connectivity index is 1.86. The molecule has 88 valence electrons. The number of aryl methyl sites for hydroxylation is 1. The van der Waals surface area contributed by atoms with Crippen molar-refractivity contribution in [2.75, 3.05) is 0 Å².